The minimum absolute atomic E-state index is 0.00137. The van der Waals surface area contributed by atoms with Crippen LogP contribution in [0.4, 0.5) is 11.5 Å². The van der Waals surface area contributed by atoms with Crippen LogP contribution in [-0.2, 0) is 14.6 Å². The van der Waals surface area contributed by atoms with E-state index in [1.807, 2.05) is 0 Å². The number of benzene rings is 2. The zero-order valence-electron chi connectivity index (χ0n) is 17.2. The second-order valence-corrected chi connectivity index (χ2v) is 10.0. The number of hydrogen-bond acceptors (Lipinski definition) is 7. The van der Waals surface area contributed by atoms with E-state index >= 15 is 0 Å². The Bertz CT molecular complexity index is 1240. The van der Waals surface area contributed by atoms with Gasteiger partial charge in [-0.25, -0.2) is 18.4 Å². The third-order valence-electron chi connectivity index (χ3n) is 5.19. The van der Waals surface area contributed by atoms with E-state index in [2.05, 4.69) is 9.97 Å². The molecule has 0 radical (unpaired) electrons. The predicted octanol–water partition coefficient (Wildman–Crippen LogP) is 3.08. The fraction of sp³-hybridized carbons (Fsp3) is 0.227. The van der Waals surface area contributed by atoms with Gasteiger partial charge < -0.3 is 15.4 Å². The van der Waals surface area contributed by atoms with Crippen molar-refractivity contribution < 1.29 is 17.9 Å². The Balaban J connectivity index is 1.55. The van der Waals surface area contributed by atoms with Crippen molar-refractivity contribution >= 4 is 38.9 Å². The molecule has 1 aliphatic heterocycles. The van der Waals surface area contributed by atoms with Crippen molar-refractivity contribution in [2.75, 3.05) is 36.6 Å². The molecule has 0 spiro atoms. The van der Waals surface area contributed by atoms with Gasteiger partial charge in [-0.2, -0.15) is 0 Å². The van der Waals surface area contributed by atoms with Gasteiger partial charge in [0, 0.05) is 29.2 Å². The lowest BCUT2D eigenvalue weighted by Gasteiger charge is -2.25. The van der Waals surface area contributed by atoms with Gasteiger partial charge >= 0.3 is 0 Å². The molecule has 0 aliphatic carbocycles. The molecule has 0 unspecified atom stereocenters. The highest BCUT2D eigenvalue weighted by molar-refractivity contribution is 7.91. The number of carbonyl (C=O) groups is 1. The lowest BCUT2D eigenvalue weighted by Crippen LogP contribution is -2.33. The van der Waals surface area contributed by atoms with Gasteiger partial charge in [0.05, 0.1) is 35.8 Å². The molecule has 10 heteroatoms. The Kier molecular flexibility index (Phi) is 6.14. The van der Waals surface area contributed by atoms with Crippen molar-refractivity contribution in [1.29, 1.82) is 0 Å². The molecule has 4 rings (SSSR count). The molecule has 3 aromatic rings. The number of nitrogen functional groups attached to an aromatic ring is 1. The van der Waals surface area contributed by atoms with Crippen molar-refractivity contribution in [2.24, 2.45) is 5.92 Å². The van der Waals surface area contributed by atoms with Crippen LogP contribution in [0.15, 0.2) is 59.6 Å². The summed E-state index contributed by atoms with van der Waals surface area (Å²) in [7, 11) is -1.85. The zero-order chi connectivity index (χ0) is 22.9. The maximum atomic E-state index is 13.1. The van der Waals surface area contributed by atoms with Crippen LogP contribution in [0.2, 0.25) is 5.02 Å². The number of nitrogens with zero attached hydrogens (tertiary/aromatic N) is 3. The smallest absolute Gasteiger partial charge is 0.280 e. The van der Waals surface area contributed by atoms with Gasteiger partial charge in [-0.1, -0.05) is 23.7 Å². The summed E-state index contributed by atoms with van der Waals surface area (Å²) in [5.74, 6) is -0.391. The second kappa shape index (κ2) is 8.85. The Morgan fingerprint density at radius 2 is 1.81 bits per heavy atom. The van der Waals surface area contributed by atoms with E-state index in [9.17, 15) is 13.2 Å². The van der Waals surface area contributed by atoms with E-state index < -0.39 is 15.7 Å². The topological polar surface area (TPSA) is 115 Å². The molecule has 32 heavy (non-hydrogen) atoms. The van der Waals surface area contributed by atoms with Gasteiger partial charge in [0.15, 0.2) is 21.3 Å². The number of nitrogens with two attached hydrogens (primary N) is 1. The fourth-order valence-corrected chi connectivity index (χ4v) is 4.94. The molecular formula is C22H21ClN4O4S. The average molecular weight is 473 g/mol. The zero-order valence-corrected chi connectivity index (χ0v) is 18.8. The summed E-state index contributed by atoms with van der Waals surface area (Å²) in [5.41, 5.74) is 7.64. The maximum Gasteiger partial charge on any atom is 0.280 e. The van der Waals surface area contributed by atoms with Crippen LogP contribution >= 0.6 is 11.6 Å². The molecule has 2 heterocycles. The Morgan fingerprint density at radius 3 is 2.41 bits per heavy atom. The van der Waals surface area contributed by atoms with Gasteiger partial charge in [-0.3, -0.25) is 4.79 Å². The predicted molar refractivity (Wildman–Crippen MR) is 122 cm³/mol. The van der Waals surface area contributed by atoms with Crippen LogP contribution in [0.1, 0.15) is 10.5 Å². The first-order valence-electron chi connectivity index (χ1n) is 9.81. The molecular weight excluding hydrogens is 452 g/mol. The van der Waals surface area contributed by atoms with Crippen molar-refractivity contribution in [2.45, 2.75) is 4.90 Å². The van der Waals surface area contributed by atoms with Gasteiger partial charge in [0.25, 0.3) is 5.91 Å². The largest absolute Gasteiger partial charge is 0.382 e. The molecule has 1 aliphatic rings. The number of hydrogen-bond donors (Lipinski definition) is 1. The molecule has 1 saturated heterocycles. The fourth-order valence-electron chi connectivity index (χ4n) is 3.26. The minimum atomic E-state index is -3.42. The summed E-state index contributed by atoms with van der Waals surface area (Å²) >= 11 is 5.93. The number of amides is 1. The van der Waals surface area contributed by atoms with E-state index in [1.165, 1.54) is 23.2 Å². The molecule has 2 aromatic carbocycles. The number of anilines is 2. The first kappa shape index (κ1) is 22.2. The molecule has 166 valence electrons. The van der Waals surface area contributed by atoms with E-state index in [1.54, 1.807) is 43.4 Å². The maximum absolute atomic E-state index is 13.1. The summed E-state index contributed by atoms with van der Waals surface area (Å²) < 4.78 is 30.1. The molecule has 8 nitrogen and oxygen atoms in total. The molecule has 2 N–H and O–H groups in total. The summed E-state index contributed by atoms with van der Waals surface area (Å²) in [6.07, 6.45) is 1.49. The van der Waals surface area contributed by atoms with Crippen LogP contribution in [0.3, 0.4) is 0 Å². The summed E-state index contributed by atoms with van der Waals surface area (Å²) in [6.45, 7) is 0.929. The van der Waals surface area contributed by atoms with Crippen LogP contribution in [0, 0.1) is 5.92 Å². The Morgan fingerprint density at radius 1 is 1.16 bits per heavy atom. The van der Waals surface area contributed by atoms with Gasteiger partial charge in [-0.15, -0.1) is 0 Å². The van der Waals surface area contributed by atoms with E-state index in [0.29, 0.717) is 29.6 Å². The lowest BCUT2D eigenvalue weighted by atomic mass is 10.1. The summed E-state index contributed by atoms with van der Waals surface area (Å²) in [4.78, 5) is 23.1. The molecule has 0 saturated carbocycles. The molecule has 1 aromatic heterocycles. The van der Waals surface area contributed by atoms with E-state index in [4.69, 9.17) is 22.1 Å². The highest BCUT2D eigenvalue weighted by Crippen LogP contribution is 2.25. The third-order valence-corrected chi connectivity index (χ3v) is 7.35. The van der Waals surface area contributed by atoms with Gasteiger partial charge in [-0.05, 0) is 36.4 Å². The van der Waals surface area contributed by atoms with Crippen LogP contribution in [0.25, 0.3) is 11.3 Å². The normalized spacial score (nSPS) is 14.1. The monoisotopic (exact) mass is 472 g/mol. The van der Waals surface area contributed by atoms with Crippen LogP contribution in [-0.4, -0.2) is 50.3 Å². The van der Waals surface area contributed by atoms with Crippen molar-refractivity contribution in [3.05, 3.63) is 65.4 Å². The van der Waals surface area contributed by atoms with Crippen molar-refractivity contribution in [3.8, 4) is 11.3 Å². The van der Waals surface area contributed by atoms with Crippen molar-refractivity contribution in [3.63, 3.8) is 0 Å². The minimum Gasteiger partial charge on any atom is -0.382 e. The standard InChI is InChI=1S/C22H21ClN4O4S/c1-27(17-6-8-18(9-7-17)32(29,30)13-14-11-31-12-14)22(28)20-21(24)25-10-19(26-20)15-2-4-16(23)5-3-15/h2-10,14H,11-13H2,1H3,(H2,24,25). The van der Waals surface area contributed by atoms with Crippen LogP contribution in [0.5, 0.6) is 0 Å². The first-order chi connectivity index (χ1) is 15.2. The Hall–Kier alpha value is -3.01. The highest BCUT2D eigenvalue weighted by Gasteiger charge is 2.27. The Labute approximate surface area is 190 Å². The summed E-state index contributed by atoms with van der Waals surface area (Å²) in [5, 5.41) is 0.583. The highest BCUT2D eigenvalue weighted by atomic mass is 35.5. The first-order valence-corrected chi connectivity index (χ1v) is 11.8. The SMILES string of the molecule is CN(C(=O)c1nc(-c2ccc(Cl)cc2)cnc1N)c1ccc(S(=O)(=O)CC2COC2)cc1. The number of halogens is 1. The van der Waals surface area contributed by atoms with Gasteiger partial charge in [0.1, 0.15) is 0 Å². The number of ether oxygens (including phenoxy) is 1. The second-order valence-electron chi connectivity index (χ2n) is 7.54. The quantitative estimate of drug-likeness (QED) is 0.586. The molecule has 1 amide bonds. The average Bonchev–Trinajstić information content (AvgIpc) is 2.76. The molecule has 1 fully saturated rings. The van der Waals surface area contributed by atoms with Gasteiger partial charge in [0.2, 0.25) is 0 Å². The third kappa shape index (κ3) is 4.59. The number of rotatable bonds is 6. The van der Waals surface area contributed by atoms with Crippen molar-refractivity contribution in [1.82, 2.24) is 9.97 Å². The number of sulfone groups is 1. The number of aromatic nitrogens is 2. The lowest BCUT2D eigenvalue weighted by molar-refractivity contribution is -0.0204. The van der Waals surface area contributed by atoms with Crippen LogP contribution < -0.4 is 10.6 Å². The van der Waals surface area contributed by atoms with E-state index in [-0.39, 0.29) is 28.1 Å². The summed E-state index contributed by atoms with van der Waals surface area (Å²) in [6, 6.07) is 13.1. The molecule has 0 bridgehead atoms. The number of carbonyl (C=O) groups excluding carboxylic acids is 1. The molecule has 0 atom stereocenters. The van der Waals surface area contributed by atoms with E-state index in [0.717, 1.165) is 5.56 Å².